The Balaban J connectivity index is 2.07. The van der Waals surface area contributed by atoms with Gasteiger partial charge in [-0.15, -0.1) is 0 Å². The Morgan fingerprint density at radius 3 is 2.71 bits per heavy atom. The number of hydrogen-bond acceptors (Lipinski definition) is 3. The van der Waals surface area contributed by atoms with Crippen LogP contribution in [0.4, 0.5) is 0 Å². The van der Waals surface area contributed by atoms with E-state index in [-0.39, 0.29) is 5.91 Å². The van der Waals surface area contributed by atoms with E-state index in [0.29, 0.717) is 11.7 Å². The van der Waals surface area contributed by atoms with Crippen LogP contribution in [-0.4, -0.2) is 28.9 Å². The van der Waals surface area contributed by atoms with Gasteiger partial charge in [-0.3, -0.25) is 4.79 Å². The Bertz CT molecular complexity index is 327. The lowest BCUT2D eigenvalue weighted by molar-refractivity contribution is 0.0690. The maximum Gasteiger partial charge on any atom is 0.291 e. The summed E-state index contributed by atoms with van der Waals surface area (Å²) < 4.78 is 5.20. The number of carbonyl (C=O) groups excluding carboxylic acids is 1. The lowest BCUT2D eigenvalue weighted by Gasteiger charge is -2.25. The van der Waals surface area contributed by atoms with Crippen LogP contribution in [0, 0.1) is 6.92 Å². The maximum atomic E-state index is 11.8. The maximum absolute atomic E-state index is 11.8. The first-order chi connectivity index (χ1) is 6.77. The molecule has 2 rings (SSSR count). The molecule has 0 unspecified atom stereocenters. The van der Waals surface area contributed by atoms with Crippen molar-refractivity contribution in [2.75, 3.05) is 13.1 Å². The summed E-state index contributed by atoms with van der Waals surface area (Å²) in [7, 11) is 0. The summed E-state index contributed by atoms with van der Waals surface area (Å²) >= 11 is 0. The number of piperidine rings is 1. The first-order valence-electron chi connectivity index (χ1n) is 4.99. The summed E-state index contributed by atoms with van der Waals surface area (Å²) in [6.07, 6.45) is 4.92. The van der Waals surface area contributed by atoms with E-state index in [0.717, 1.165) is 25.9 Å². The van der Waals surface area contributed by atoms with Crippen molar-refractivity contribution in [3.8, 4) is 0 Å². The van der Waals surface area contributed by atoms with Crippen molar-refractivity contribution in [1.82, 2.24) is 9.88 Å². The van der Waals surface area contributed by atoms with Crippen LogP contribution >= 0.6 is 0 Å². The van der Waals surface area contributed by atoms with E-state index in [1.165, 1.54) is 12.6 Å². The molecule has 0 bridgehead atoms. The van der Waals surface area contributed by atoms with Crippen molar-refractivity contribution < 1.29 is 9.21 Å². The fraction of sp³-hybridized carbons (Fsp3) is 0.600. The van der Waals surface area contributed by atoms with Gasteiger partial charge in [0.2, 0.25) is 5.76 Å². The van der Waals surface area contributed by atoms with E-state index >= 15 is 0 Å². The standard InChI is InChI=1S/C10H14N2O2/c1-8-11-7-9(14-8)10(13)12-5-3-2-4-6-12/h7H,2-6H2,1H3. The second kappa shape index (κ2) is 3.82. The predicted octanol–water partition coefficient (Wildman–Crippen LogP) is 1.61. The van der Waals surface area contributed by atoms with Crippen LogP contribution in [0.15, 0.2) is 10.6 Å². The molecule has 0 aromatic carbocycles. The van der Waals surface area contributed by atoms with Gasteiger partial charge in [0.15, 0.2) is 5.89 Å². The molecule has 1 aliphatic rings. The van der Waals surface area contributed by atoms with E-state index in [9.17, 15) is 4.79 Å². The number of rotatable bonds is 1. The van der Waals surface area contributed by atoms with Gasteiger partial charge in [-0.2, -0.15) is 0 Å². The highest BCUT2D eigenvalue weighted by Gasteiger charge is 2.20. The summed E-state index contributed by atoms with van der Waals surface area (Å²) in [5.74, 6) is 0.889. The normalized spacial score (nSPS) is 17.1. The molecular formula is C10H14N2O2. The predicted molar refractivity (Wildman–Crippen MR) is 51.0 cm³/mol. The van der Waals surface area contributed by atoms with E-state index in [2.05, 4.69) is 4.98 Å². The van der Waals surface area contributed by atoms with Gasteiger partial charge >= 0.3 is 0 Å². The molecule has 0 N–H and O–H groups in total. The molecule has 0 radical (unpaired) electrons. The number of nitrogens with zero attached hydrogens (tertiary/aromatic N) is 2. The van der Waals surface area contributed by atoms with Gasteiger partial charge in [0.05, 0.1) is 6.20 Å². The van der Waals surface area contributed by atoms with E-state index in [1.54, 1.807) is 6.92 Å². The van der Waals surface area contributed by atoms with Crippen molar-refractivity contribution in [1.29, 1.82) is 0 Å². The molecule has 76 valence electrons. The minimum atomic E-state index is -0.0229. The number of likely N-dealkylation sites (tertiary alicyclic amines) is 1. The third kappa shape index (κ3) is 1.78. The zero-order valence-corrected chi connectivity index (χ0v) is 8.32. The first kappa shape index (κ1) is 9.24. The molecule has 4 heteroatoms. The highest BCUT2D eigenvalue weighted by atomic mass is 16.4. The second-order valence-electron chi connectivity index (χ2n) is 3.60. The zero-order chi connectivity index (χ0) is 9.97. The summed E-state index contributed by atoms with van der Waals surface area (Å²) in [5.41, 5.74) is 0. The fourth-order valence-corrected chi connectivity index (χ4v) is 1.71. The van der Waals surface area contributed by atoms with E-state index < -0.39 is 0 Å². The van der Waals surface area contributed by atoms with Gasteiger partial charge in [0.25, 0.3) is 5.91 Å². The van der Waals surface area contributed by atoms with Crippen molar-refractivity contribution in [3.05, 3.63) is 17.8 Å². The van der Waals surface area contributed by atoms with Gasteiger partial charge in [-0.25, -0.2) is 4.98 Å². The van der Waals surface area contributed by atoms with Gasteiger partial charge in [-0.05, 0) is 19.3 Å². The molecule has 1 aromatic heterocycles. The van der Waals surface area contributed by atoms with Crippen LogP contribution in [0.5, 0.6) is 0 Å². The molecule has 14 heavy (non-hydrogen) atoms. The molecule has 2 heterocycles. The van der Waals surface area contributed by atoms with Gasteiger partial charge in [0, 0.05) is 20.0 Å². The fourth-order valence-electron chi connectivity index (χ4n) is 1.71. The molecular weight excluding hydrogens is 180 g/mol. The van der Waals surface area contributed by atoms with E-state index in [4.69, 9.17) is 4.42 Å². The summed E-state index contributed by atoms with van der Waals surface area (Å²) in [6, 6.07) is 0. The molecule has 4 nitrogen and oxygen atoms in total. The summed E-state index contributed by atoms with van der Waals surface area (Å²) in [5, 5.41) is 0. The first-order valence-corrected chi connectivity index (χ1v) is 4.99. The van der Waals surface area contributed by atoms with Crippen LogP contribution in [0.25, 0.3) is 0 Å². The van der Waals surface area contributed by atoms with Crippen molar-refractivity contribution in [2.24, 2.45) is 0 Å². The lowest BCUT2D eigenvalue weighted by Crippen LogP contribution is -2.35. The molecule has 1 aromatic rings. The number of amides is 1. The van der Waals surface area contributed by atoms with Crippen LogP contribution in [0.3, 0.4) is 0 Å². The Hall–Kier alpha value is -1.32. The Kier molecular flexibility index (Phi) is 2.52. The molecule has 0 saturated carbocycles. The highest BCUT2D eigenvalue weighted by molar-refractivity contribution is 5.91. The molecule has 0 spiro atoms. The molecule has 1 amide bonds. The Morgan fingerprint density at radius 2 is 2.14 bits per heavy atom. The van der Waals surface area contributed by atoms with Crippen LogP contribution < -0.4 is 0 Å². The Labute approximate surface area is 82.9 Å². The average Bonchev–Trinajstić information content (AvgIpc) is 2.65. The number of carbonyl (C=O) groups is 1. The molecule has 0 aliphatic carbocycles. The third-order valence-electron chi connectivity index (χ3n) is 2.48. The quantitative estimate of drug-likeness (QED) is 0.682. The van der Waals surface area contributed by atoms with Gasteiger partial charge in [-0.1, -0.05) is 0 Å². The zero-order valence-electron chi connectivity index (χ0n) is 8.32. The minimum absolute atomic E-state index is 0.0229. The van der Waals surface area contributed by atoms with Crippen molar-refractivity contribution in [3.63, 3.8) is 0 Å². The van der Waals surface area contributed by atoms with Crippen LogP contribution in [0.1, 0.15) is 35.7 Å². The summed E-state index contributed by atoms with van der Waals surface area (Å²) in [4.78, 5) is 17.6. The molecule has 1 saturated heterocycles. The smallest absolute Gasteiger partial charge is 0.291 e. The van der Waals surface area contributed by atoms with E-state index in [1.807, 2.05) is 4.90 Å². The molecule has 0 atom stereocenters. The minimum Gasteiger partial charge on any atom is -0.436 e. The average molecular weight is 194 g/mol. The number of oxazole rings is 1. The van der Waals surface area contributed by atoms with Crippen LogP contribution in [0.2, 0.25) is 0 Å². The summed E-state index contributed by atoms with van der Waals surface area (Å²) in [6.45, 7) is 3.43. The van der Waals surface area contributed by atoms with Crippen molar-refractivity contribution in [2.45, 2.75) is 26.2 Å². The topological polar surface area (TPSA) is 46.3 Å². The van der Waals surface area contributed by atoms with Crippen molar-refractivity contribution >= 4 is 5.91 Å². The molecule has 1 aliphatic heterocycles. The van der Waals surface area contributed by atoms with Gasteiger partial charge < -0.3 is 9.32 Å². The lowest BCUT2D eigenvalue weighted by atomic mass is 10.1. The third-order valence-corrected chi connectivity index (χ3v) is 2.48. The molecule has 1 fully saturated rings. The second-order valence-corrected chi connectivity index (χ2v) is 3.60. The number of aromatic nitrogens is 1. The highest BCUT2D eigenvalue weighted by Crippen LogP contribution is 2.13. The Morgan fingerprint density at radius 1 is 1.43 bits per heavy atom. The number of aryl methyl sites for hydroxylation is 1. The number of hydrogen-bond donors (Lipinski definition) is 0. The van der Waals surface area contributed by atoms with Gasteiger partial charge in [0.1, 0.15) is 0 Å². The monoisotopic (exact) mass is 194 g/mol. The SMILES string of the molecule is Cc1ncc(C(=O)N2CCCCC2)o1. The van der Waals surface area contributed by atoms with Crippen LogP contribution in [-0.2, 0) is 0 Å². The largest absolute Gasteiger partial charge is 0.436 e.